The summed E-state index contributed by atoms with van der Waals surface area (Å²) in [4.78, 5) is 9.40. The van der Waals surface area contributed by atoms with Crippen LogP contribution in [0.2, 0.25) is 0 Å². The highest BCUT2D eigenvalue weighted by Gasteiger charge is 2.37. The van der Waals surface area contributed by atoms with Crippen LogP contribution in [-0.4, -0.2) is 31.6 Å². The average Bonchev–Trinajstić information content (AvgIpc) is 2.86. The summed E-state index contributed by atoms with van der Waals surface area (Å²) < 4.78 is 40.7. The Bertz CT molecular complexity index is 865. The van der Waals surface area contributed by atoms with Crippen molar-refractivity contribution in [2.24, 2.45) is 7.05 Å². The lowest BCUT2D eigenvalue weighted by Crippen LogP contribution is -2.33. The van der Waals surface area contributed by atoms with E-state index in [-0.39, 0.29) is 11.4 Å². The number of fused-ring (bicyclic) bond motifs is 1. The van der Waals surface area contributed by atoms with Crippen LogP contribution in [0.5, 0.6) is 5.75 Å². The molecule has 0 aliphatic carbocycles. The molecular formula is C14H13F3IN5OS. The molecule has 0 saturated carbocycles. The fraction of sp³-hybridized carbons (Fsp3) is 0.286. The van der Waals surface area contributed by atoms with E-state index in [1.165, 1.54) is 11.8 Å². The Labute approximate surface area is 159 Å². The molecule has 3 heterocycles. The summed E-state index contributed by atoms with van der Waals surface area (Å²) in [5, 5.41) is 9.89. The molecule has 0 unspecified atom stereocenters. The summed E-state index contributed by atoms with van der Waals surface area (Å²) in [6, 6.07) is 1.59. The first-order valence-electron chi connectivity index (χ1n) is 7.12. The van der Waals surface area contributed by atoms with Crippen molar-refractivity contribution in [3.8, 4) is 17.3 Å². The van der Waals surface area contributed by atoms with Crippen LogP contribution in [0.25, 0.3) is 17.6 Å². The molecule has 0 fully saturated rings. The average molecular weight is 483 g/mol. The number of aromatic hydroxyl groups is 1. The largest absolute Gasteiger partial charge is 0.505 e. The van der Waals surface area contributed by atoms with Crippen LogP contribution >= 0.6 is 34.4 Å². The van der Waals surface area contributed by atoms with Gasteiger partial charge in [0.1, 0.15) is 26.5 Å². The van der Waals surface area contributed by atoms with Crippen LogP contribution in [0, 0.1) is 3.70 Å². The molecule has 1 aliphatic rings. The van der Waals surface area contributed by atoms with Crippen molar-refractivity contribution >= 4 is 46.2 Å². The van der Waals surface area contributed by atoms with E-state index >= 15 is 0 Å². The van der Waals surface area contributed by atoms with Gasteiger partial charge in [0, 0.05) is 11.9 Å². The molecule has 0 amide bonds. The van der Waals surface area contributed by atoms with Crippen molar-refractivity contribution in [2.45, 2.75) is 18.0 Å². The summed E-state index contributed by atoms with van der Waals surface area (Å²) in [7, 11) is 1.68. The highest BCUT2D eigenvalue weighted by atomic mass is 127. The quantitative estimate of drug-likeness (QED) is 0.351. The van der Waals surface area contributed by atoms with E-state index in [0.717, 1.165) is 11.8 Å². The number of rotatable bonds is 3. The number of hydrogen-bond acceptors (Lipinski definition) is 6. The lowest BCUT2D eigenvalue weighted by atomic mass is 10.3. The third-order valence-electron chi connectivity index (χ3n) is 3.46. The predicted octanol–water partition coefficient (Wildman–Crippen LogP) is 3.74. The van der Waals surface area contributed by atoms with Crippen LogP contribution in [0.15, 0.2) is 16.7 Å². The molecule has 0 bridgehead atoms. The monoisotopic (exact) mass is 483 g/mol. The minimum Gasteiger partial charge on any atom is -0.505 e. The molecule has 3 rings (SSSR count). The molecule has 134 valence electrons. The molecule has 3 N–H and O–H groups in total. The van der Waals surface area contributed by atoms with Gasteiger partial charge in [0.15, 0.2) is 11.6 Å². The highest BCUT2D eigenvalue weighted by Crippen LogP contribution is 2.37. The second-order valence-corrected chi connectivity index (χ2v) is 7.44. The smallest absolute Gasteiger partial charge is 0.432 e. The Hall–Kier alpha value is -1.63. The van der Waals surface area contributed by atoms with Gasteiger partial charge in [-0.05, 0) is 40.5 Å². The van der Waals surface area contributed by atoms with Crippen molar-refractivity contribution in [1.29, 1.82) is 0 Å². The van der Waals surface area contributed by atoms with E-state index in [0.29, 0.717) is 25.9 Å². The third kappa shape index (κ3) is 3.38. The molecule has 0 radical (unpaired) electrons. The minimum absolute atomic E-state index is 0.0540. The zero-order valence-corrected chi connectivity index (χ0v) is 16.0. The van der Waals surface area contributed by atoms with E-state index in [4.69, 9.17) is 0 Å². The van der Waals surface area contributed by atoms with Crippen molar-refractivity contribution in [3.05, 3.63) is 21.2 Å². The summed E-state index contributed by atoms with van der Waals surface area (Å²) in [6.07, 6.45) is -3.55. The van der Waals surface area contributed by atoms with E-state index in [9.17, 15) is 18.3 Å². The van der Waals surface area contributed by atoms with Gasteiger partial charge in [-0.25, -0.2) is 9.97 Å². The van der Waals surface area contributed by atoms with Gasteiger partial charge in [0.2, 0.25) is 0 Å². The first-order chi connectivity index (χ1) is 11.7. The zero-order chi connectivity index (χ0) is 18.4. The highest BCUT2D eigenvalue weighted by molar-refractivity contribution is 14.1. The fourth-order valence-corrected chi connectivity index (χ4v) is 3.50. The molecule has 2 aromatic heterocycles. The van der Waals surface area contributed by atoms with E-state index < -0.39 is 11.9 Å². The molecule has 1 aliphatic heterocycles. The zero-order valence-electron chi connectivity index (χ0n) is 13.1. The molecule has 0 saturated heterocycles. The number of imidazole rings is 1. The standard InChI is InChI=1S/C14H13F3IN5OS/c1-3-25-8-5-7(24)11(18)20-10(8)13-19-6-4-9(14(15,16)17)21-22-12(6)23(13)2/h4-5,21-22,24H,3H2,1-2H3. The molecule has 11 heteroatoms. The van der Waals surface area contributed by atoms with Gasteiger partial charge < -0.3 is 9.67 Å². The van der Waals surface area contributed by atoms with Crippen LogP contribution in [0.4, 0.5) is 19.0 Å². The first-order valence-corrected chi connectivity index (χ1v) is 9.19. The van der Waals surface area contributed by atoms with Gasteiger partial charge in [0.25, 0.3) is 0 Å². The maximum Gasteiger partial charge on any atom is 0.432 e. The van der Waals surface area contributed by atoms with Gasteiger partial charge in [-0.15, -0.1) is 11.8 Å². The number of alkyl halides is 3. The Morgan fingerprint density at radius 2 is 2.04 bits per heavy atom. The lowest BCUT2D eigenvalue weighted by Gasteiger charge is -2.20. The first kappa shape index (κ1) is 18.2. The van der Waals surface area contributed by atoms with Crippen LogP contribution in [0.1, 0.15) is 12.6 Å². The maximum absolute atomic E-state index is 12.9. The van der Waals surface area contributed by atoms with Crippen molar-refractivity contribution in [2.75, 3.05) is 11.2 Å². The molecule has 2 aromatic rings. The van der Waals surface area contributed by atoms with Crippen LogP contribution < -0.4 is 10.9 Å². The number of pyridine rings is 1. The number of halogens is 4. The van der Waals surface area contributed by atoms with Crippen molar-refractivity contribution < 1.29 is 18.3 Å². The summed E-state index contributed by atoms with van der Waals surface area (Å²) >= 11 is 3.37. The second-order valence-electron chi connectivity index (χ2n) is 5.11. The molecule has 0 spiro atoms. The summed E-state index contributed by atoms with van der Waals surface area (Å²) in [5.41, 5.74) is 4.43. The molecule has 0 atom stereocenters. The number of allylic oxidation sites excluding steroid dienone is 1. The molecule has 6 nitrogen and oxygen atoms in total. The van der Waals surface area contributed by atoms with E-state index in [2.05, 4.69) is 20.8 Å². The SMILES string of the molecule is CCSc1cc(O)c(I)nc1-c1nc2c(n1C)NNC(C(F)(F)F)=C2. The van der Waals surface area contributed by atoms with Gasteiger partial charge in [0.05, 0.1) is 0 Å². The van der Waals surface area contributed by atoms with Gasteiger partial charge in [-0.1, -0.05) is 6.92 Å². The van der Waals surface area contributed by atoms with Crippen LogP contribution in [0.3, 0.4) is 0 Å². The number of thioether (sulfide) groups is 1. The van der Waals surface area contributed by atoms with Crippen molar-refractivity contribution in [1.82, 2.24) is 20.0 Å². The Balaban J connectivity index is 2.14. The Morgan fingerprint density at radius 1 is 1.32 bits per heavy atom. The summed E-state index contributed by atoms with van der Waals surface area (Å²) in [6.45, 7) is 1.96. The Kier molecular flexibility index (Phi) is 4.79. The molecular weight excluding hydrogens is 470 g/mol. The van der Waals surface area contributed by atoms with Gasteiger partial charge in [-0.3, -0.25) is 10.9 Å². The predicted molar refractivity (Wildman–Crippen MR) is 98.0 cm³/mol. The van der Waals surface area contributed by atoms with E-state index in [1.807, 2.05) is 29.5 Å². The van der Waals surface area contributed by atoms with Gasteiger partial charge in [-0.2, -0.15) is 13.2 Å². The number of hydrogen-bond donors (Lipinski definition) is 3. The number of aromatic nitrogens is 3. The van der Waals surface area contributed by atoms with Crippen LogP contribution in [-0.2, 0) is 7.05 Å². The topological polar surface area (TPSA) is 75.0 Å². The maximum atomic E-state index is 12.9. The fourth-order valence-electron chi connectivity index (χ4n) is 2.32. The number of nitrogens with one attached hydrogen (secondary N) is 2. The normalized spacial score (nSPS) is 13.8. The lowest BCUT2D eigenvalue weighted by molar-refractivity contribution is -0.0951. The number of hydrazine groups is 1. The Morgan fingerprint density at radius 3 is 2.68 bits per heavy atom. The van der Waals surface area contributed by atoms with Crippen molar-refractivity contribution in [3.63, 3.8) is 0 Å². The number of anilines is 1. The number of nitrogens with zero attached hydrogens (tertiary/aromatic N) is 3. The second kappa shape index (κ2) is 6.59. The third-order valence-corrected chi connectivity index (χ3v) is 5.16. The molecule has 25 heavy (non-hydrogen) atoms. The summed E-state index contributed by atoms with van der Waals surface area (Å²) in [5.74, 6) is 1.61. The van der Waals surface area contributed by atoms with E-state index in [1.54, 1.807) is 17.7 Å². The molecule has 0 aromatic carbocycles. The minimum atomic E-state index is -4.50. The van der Waals surface area contributed by atoms with Gasteiger partial charge >= 0.3 is 6.18 Å².